The van der Waals surface area contributed by atoms with Gasteiger partial charge in [-0.2, -0.15) is 0 Å². The SMILES string of the molecule is C=CCNC(=NCC(=O)N(C)C)N1CCC(C(=O)OC)CC1. The van der Waals surface area contributed by atoms with E-state index in [2.05, 4.69) is 21.8 Å². The first kappa shape index (κ1) is 18.0. The van der Waals surface area contributed by atoms with Crippen LogP contribution < -0.4 is 5.32 Å². The molecule has 1 aliphatic rings. The summed E-state index contributed by atoms with van der Waals surface area (Å²) in [5.41, 5.74) is 0. The molecule has 0 atom stereocenters. The summed E-state index contributed by atoms with van der Waals surface area (Å²) in [6, 6.07) is 0. The molecule has 1 N–H and O–H groups in total. The summed E-state index contributed by atoms with van der Waals surface area (Å²) < 4.78 is 4.79. The number of nitrogens with zero attached hydrogens (tertiary/aromatic N) is 3. The van der Waals surface area contributed by atoms with Crippen LogP contribution in [-0.4, -0.2) is 75.0 Å². The Bertz CT molecular complexity index is 427. The minimum Gasteiger partial charge on any atom is -0.469 e. The number of nitrogens with one attached hydrogen (secondary N) is 1. The highest BCUT2D eigenvalue weighted by Gasteiger charge is 2.27. The van der Waals surface area contributed by atoms with Gasteiger partial charge < -0.3 is 19.9 Å². The normalized spacial score (nSPS) is 16.1. The molecule has 0 aromatic rings. The Kier molecular flexibility index (Phi) is 7.42. The first-order valence-corrected chi connectivity index (χ1v) is 7.41. The predicted molar refractivity (Wildman–Crippen MR) is 85.5 cm³/mol. The van der Waals surface area contributed by atoms with E-state index in [0.717, 1.165) is 12.8 Å². The Labute approximate surface area is 132 Å². The zero-order chi connectivity index (χ0) is 16.5. The lowest BCUT2D eigenvalue weighted by molar-refractivity contribution is -0.146. The van der Waals surface area contributed by atoms with Gasteiger partial charge in [0, 0.05) is 33.7 Å². The fraction of sp³-hybridized carbons (Fsp3) is 0.667. The standard InChI is InChI=1S/C15H26N4O3/c1-5-8-16-15(17-11-13(20)18(2)3)19-9-6-12(7-10-19)14(21)22-4/h5,12H,1,6-11H2,2-4H3,(H,16,17). The lowest BCUT2D eigenvalue weighted by Crippen LogP contribution is -2.47. The number of methoxy groups -OCH3 is 1. The van der Waals surface area contributed by atoms with Crippen LogP contribution >= 0.6 is 0 Å². The number of hydrogen-bond donors (Lipinski definition) is 1. The molecule has 0 unspecified atom stereocenters. The van der Waals surface area contributed by atoms with Gasteiger partial charge in [0.05, 0.1) is 13.0 Å². The number of carbonyl (C=O) groups excluding carboxylic acids is 2. The maximum Gasteiger partial charge on any atom is 0.308 e. The molecule has 0 saturated carbocycles. The van der Waals surface area contributed by atoms with Crippen LogP contribution in [0, 0.1) is 5.92 Å². The molecule has 7 nitrogen and oxygen atoms in total. The van der Waals surface area contributed by atoms with Crippen molar-refractivity contribution in [2.24, 2.45) is 10.9 Å². The highest BCUT2D eigenvalue weighted by molar-refractivity contribution is 5.85. The van der Waals surface area contributed by atoms with Gasteiger partial charge >= 0.3 is 5.97 Å². The monoisotopic (exact) mass is 310 g/mol. The van der Waals surface area contributed by atoms with E-state index in [9.17, 15) is 9.59 Å². The topological polar surface area (TPSA) is 74.2 Å². The van der Waals surface area contributed by atoms with E-state index in [1.165, 1.54) is 12.0 Å². The average Bonchev–Trinajstić information content (AvgIpc) is 2.54. The van der Waals surface area contributed by atoms with E-state index in [0.29, 0.717) is 25.6 Å². The number of aliphatic imine (C=N–C) groups is 1. The molecule has 0 spiro atoms. The lowest BCUT2D eigenvalue weighted by atomic mass is 9.97. The maximum atomic E-state index is 11.7. The van der Waals surface area contributed by atoms with Gasteiger partial charge in [0.2, 0.25) is 5.91 Å². The summed E-state index contributed by atoms with van der Waals surface area (Å²) >= 11 is 0. The quantitative estimate of drug-likeness (QED) is 0.337. The third-order valence-electron chi connectivity index (χ3n) is 3.60. The number of esters is 1. The van der Waals surface area contributed by atoms with Crippen molar-refractivity contribution < 1.29 is 14.3 Å². The highest BCUT2D eigenvalue weighted by Crippen LogP contribution is 2.18. The largest absolute Gasteiger partial charge is 0.469 e. The minimum absolute atomic E-state index is 0.0506. The van der Waals surface area contributed by atoms with Crippen molar-refractivity contribution in [2.75, 3.05) is 47.4 Å². The smallest absolute Gasteiger partial charge is 0.308 e. The summed E-state index contributed by atoms with van der Waals surface area (Å²) in [7, 11) is 4.83. The number of ether oxygens (including phenoxy) is 1. The van der Waals surface area contributed by atoms with Gasteiger partial charge in [-0.1, -0.05) is 6.08 Å². The summed E-state index contributed by atoms with van der Waals surface area (Å²) in [5, 5.41) is 3.16. The molecule has 1 heterocycles. The fourth-order valence-corrected chi connectivity index (χ4v) is 2.21. The third kappa shape index (κ3) is 5.38. The van der Waals surface area contributed by atoms with Gasteiger partial charge in [0.1, 0.15) is 6.54 Å². The summed E-state index contributed by atoms with van der Waals surface area (Å²) in [6.45, 7) is 5.77. The van der Waals surface area contributed by atoms with Crippen LogP contribution in [-0.2, 0) is 14.3 Å². The van der Waals surface area contributed by atoms with E-state index < -0.39 is 0 Å². The Morgan fingerprint density at radius 3 is 2.55 bits per heavy atom. The first-order chi connectivity index (χ1) is 10.5. The molecule has 1 rings (SSSR count). The predicted octanol–water partition coefficient (Wildman–Crippen LogP) is 0.0912. The van der Waals surface area contributed by atoms with E-state index >= 15 is 0 Å². The molecule has 0 bridgehead atoms. The average molecular weight is 310 g/mol. The second-order valence-electron chi connectivity index (χ2n) is 5.38. The van der Waals surface area contributed by atoms with E-state index in [1.54, 1.807) is 20.2 Å². The molecule has 7 heteroatoms. The van der Waals surface area contributed by atoms with Crippen LogP contribution in [0.4, 0.5) is 0 Å². The summed E-state index contributed by atoms with van der Waals surface area (Å²) in [5.74, 6) is 0.422. The Morgan fingerprint density at radius 1 is 1.41 bits per heavy atom. The van der Waals surface area contributed by atoms with Crippen LogP contribution in [0.2, 0.25) is 0 Å². The highest BCUT2D eigenvalue weighted by atomic mass is 16.5. The third-order valence-corrected chi connectivity index (χ3v) is 3.60. The zero-order valence-corrected chi connectivity index (χ0v) is 13.7. The van der Waals surface area contributed by atoms with E-state index in [4.69, 9.17) is 4.74 Å². The van der Waals surface area contributed by atoms with Crippen molar-refractivity contribution >= 4 is 17.8 Å². The molecule has 124 valence electrons. The van der Waals surface area contributed by atoms with Crippen molar-refractivity contribution in [1.29, 1.82) is 0 Å². The summed E-state index contributed by atoms with van der Waals surface area (Å²) in [4.78, 5) is 31.2. The molecular weight excluding hydrogens is 284 g/mol. The summed E-state index contributed by atoms with van der Waals surface area (Å²) in [6.07, 6.45) is 3.19. The van der Waals surface area contributed by atoms with E-state index in [1.807, 2.05) is 0 Å². The maximum absolute atomic E-state index is 11.7. The lowest BCUT2D eigenvalue weighted by Gasteiger charge is -2.33. The molecule has 0 aromatic carbocycles. The van der Waals surface area contributed by atoms with E-state index in [-0.39, 0.29) is 24.3 Å². The second-order valence-corrected chi connectivity index (χ2v) is 5.38. The molecule has 22 heavy (non-hydrogen) atoms. The van der Waals surface area contributed by atoms with Crippen molar-refractivity contribution in [3.8, 4) is 0 Å². The number of guanidine groups is 1. The van der Waals surface area contributed by atoms with Crippen molar-refractivity contribution in [2.45, 2.75) is 12.8 Å². The Hall–Kier alpha value is -2.05. The van der Waals surface area contributed by atoms with Gasteiger partial charge in [-0.05, 0) is 12.8 Å². The minimum atomic E-state index is -0.153. The number of hydrogen-bond acceptors (Lipinski definition) is 4. The van der Waals surface area contributed by atoms with Gasteiger partial charge in [0.25, 0.3) is 0 Å². The number of likely N-dealkylation sites (N-methyl/N-ethyl adjacent to an activating group) is 1. The molecule has 1 aliphatic heterocycles. The number of piperidine rings is 1. The van der Waals surface area contributed by atoms with Crippen molar-refractivity contribution in [3.63, 3.8) is 0 Å². The van der Waals surface area contributed by atoms with Gasteiger partial charge in [-0.25, -0.2) is 4.99 Å². The fourth-order valence-electron chi connectivity index (χ4n) is 2.21. The number of carbonyl (C=O) groups is 2. The van der Waals surface area contributed by atoms with Crippen molar-refractivity contribution in [3.05, 3.63) is 12.7 Å². The number of likely N-dealkylation sites (tertiary alicyclic amines) is 1. The van der Waals surface area contributed by atoms with Crippen molar-refractivity contribution in [1.82, 2.24) is 15.1 Å². The molecule has 0 aliphatic carbocycles. The molecular formula is C15H26N4O3. The van der Waals surface area contributed by atoms with Crippen LogP contribution in [0.15, 0.2) is 17.6 Å². The molecule has 1 amide bonds. The number of amides is 1. The van der Waals surface area contributed by atoms with Gasteiger partial charge in [0.15, 0.2) is 5.96 Å². The van der Waals surface area contributed by atoms with Crippen LogP contribution in [0.3, 0.4) is 0 Å². The molecule has 1 saturated heterocycles. The molecule has 1 fully saturated rings. The Morgan fingerprint density at radius 2 is 2.05 bits per heavy atom. The van der Waals surface area contributed by atoms with Crippen LogP contribution in [0.25, 0.3) is 0 Å². The number of rotatable bonds is 5. The first-order valence-electron chi connectivity index (χ1n) is 7.41. The second kappa shape index (κ2) is 9.07. The zero-order valence-electron chi connectivity index (χ0n) is 13.7. The van der Waals surface area contributed by atoms with Gasteiger partial charge in [-0.15, -0.1) is 6.58 Å². The molecule has 0 radical (unpaired) electrons. The Balaban J connectivity index is 2.65. The van der Waals surface area contributed by atoms with Gasteiger partial charge in [-0.3, -0.25) is 9.59 Å². The van der Waals surface area contributed by atoms with Crippen LogP contribution in [0.1, 0.15) is 12.8 Å². The van der Waals surface area contributed by atoms with Crippen LogP contribution in [0.5, 0.6) is 0 Å². The molecule has 0 aromatic heterocycles.